The molecule has 122 valence electrons. The summed E-state index contributed by atoms with van der Waals surface area (Å²) < 4.78 is 10.1. The molecule has 0 unspecified atom stereocenters. The number of carbonyl (C=O) groups excluding carboxylic acids is 3. The third-order valence-electron chi connectivity index (χ3n) is 2.96. The first-order valence-corrected chi connectivity index (χ1v) is 8.15. The second-order valence-corrected chi connectivity index (χ2v) is 6.55. The molecule has 1 N–H and O–H groups in total. The number of esters is 1. The van der Waals surface area contributed by atoms with Crippen LogP contribution in [0.2, 0.25) is 0 Å². The molecule has 7 nitrogen and oxygen atoms in total. The predicted octanol–water partition coefficient (Wildman–Crippen LogP) is 2.21. The van der Waals surface area contributed by atoms with Crippen molar-refractivity contribution in [2.45, 2.75) is 0 Å². The van der Waals surface area contributed by atoms with Crippen molar-refractivity contribution in [3.8, 4) is 11.5 Å². The van der Waals surface area contributed by atoms with Gasteiger partial charge in [0.1, 0.15) is 6.54 Å². The summed E-state index contributed by atoms with van der Waals surface area (Å²) in [6.45, 7) is -0.422. The minimum atomic E-state index is -0.672. The number of ether oxygens (including phenoxy) is 2. The number of imide groups is 1. The van der Waals surface area contributed by atoms with Crippen LogP contribution in [0.15, 0.2) is 17.0 Å². The van der Waals surface area contributed by atoms with Crippen molar-refractivity contribution < 1.29 is 29.0 Å². The van der Waals surface area contributed by atoms with E-state index >= 15 is 0 Å². The van der Waals surface area contributed by atoms with Gasteiger partial charge in [-0.15, -0.1) is 0 Å². The molecule has 1 aromatic carbocycles. The lowest BCUT2D eigenvalue weighted by atomic mass is 10.2. The summed E-state index contributed by atoms with van der Waals surface area (Å²) in [6.07, 6.45) is 1.51. The average molecular weight is 449 g/mol. The molecule has 0 bridgehead atoms. The average Bonchev–Trinajstić information content (AvgIpc) is 2.78. The van der Waals surface area contributed by atoms with E-state index in [9.17, 15) is 19.5 Å². The van der Waals surface area contributed by atoms with Crippen LogP contribution in [-0.2, 0) is 14.3 Å². The zero-order valence-electron chi connectivity index (χ0n) is 12.2. The lowest BCUT2D eigenvalue weighted by Crippen LogP contribution is -2.34. The van der Waals surface area contributed by atoms with Gasteiger partial charge in [-0.05, 0) is 58.1 Å². The summed E-state index contributed by atoms with van der Waals surface area (Å²) in [6, 6.07) is 3.19. The topological polar surface area (TPSA) is 93.1 Å². The highest BCUT2D eigenvalue weighted by Crippen LogP contribution is 2.36. The number of rotatable bonds is 4. The third kappa shape index (κ3) is 3.78. The number of halogens is 1. The molecule has 1 fully saturated rings. The zero-order valence-corrected chi connectivity index (χ0v) is 15.1. The Morgan fingerprint density at radius 3 is 2.70 bits per heavy atom. The number of carbonyl (C=O) groups is 3. The van der Waals surface area contributed by atoms with Gasteiger partial charge in [-0.3, -0.25) is 19.3 Å². The standard InChI is InChI=1S/C14H12INO6S/c1-21-9-4-7(3-8(15)12(9)18)5-10-13(19)16(14(20)23-10)6-11(17)22-2/h3-5,18H,6H2,1-2H3. The van der Waals surface area contributed by atoms with Crippen molar-refractivity contribution in [2.24, 2.45) is 0 Å². The van der Waals surface area contributed by atoms with Crippen LogP contribution in [0.1, 0.15) is 5.56 Å². The highest BCUT2D eigenvalue weighted by Gasteiger charge is 2.36. The van der Waals surface area contributed by atoms with E-state index in [1.807, 2.05) is 22.6 Å². The Labute approximate surface area is 149 Å². The number of hydrogen-bond donors (Lipinski definition) is 1. The largest absolute Gasteiger partial charge is 0.504 e. The summed E-state index contributed by atoms with van der Waals surface area (Å²) >= 11 is 2.67. The molecule has 0 aliphatic carbocycles. The van der Waals surface area contributed by atoms with Gasteiger partial charge in [0, 0.05) is 0 Å². The number of aromatic hydroxyl groups is 1. The van der Waals surface area contributed by atoms with Crippen molar-refractivity contribution in [2.75, 3.05) is 20.8 Å². The van der Waals surface area contributed by atoms with Crippen LogP contribution in [0.25, 0.3) is 6.08 Å². The van der Waals surface area contributed by atoms with Crippen LogP contribution >= 0.6 is 34.4 Å². The van der Waals surface area contributed by atoms with Crippen LogP contribution < -0.4 is 4.74 Å². The van der Waals surface area contributed by atoms with Crippen LogP contribution in [0, 0.1) is 3.57 Å². The van der Waals surface area contributed by atoms with Gasteiger partial charge in [-0.25, -0.2) is 0 Å². The highest BCUT2D eigenvalue weighted by atomic mass is 127. The number of methoxy groups -OCH3 is 2. The number of benzene rings is 1. The van der Waals surface area contributed by atoms with Crippen molar-refractivity contribution >= 4 is 57.5 Å². The molecule has 0 spiro atoms. The van der Waals surface area contributed by atoms with E-state index in [-0.39, 0.29) is 16.4 Å². The Hall–Kier alpha value is -1.75. The molecular formula is C14H12INO6S. The van der Waals surface area contributed by atoms with Crippen molar-refractivity contribution in [3.05, 3.63) is 26.2 Å². The van der Waals surface area contributed by atoms with E-state index in [0.29, 0.717) is 9.13 Å². The smallest absolute Gasteiger partial charge is 0.325 e. The van der Waals surface area contributed by atoms with Crippen molar-refractivity contribution in [1.29, 1.82) is 0 Å². The molecule has 1 saturated heterocycles. The normalized spacial score (nSPS) is 16.1. The second kappa shape index (κ2) is 7.21. The molecule has 9 heteroatoms. The molecule has 0 radical (unpaired) electrons. The first-order valence-electron chi connectivity index (χ1n) is 6.26. The first-order chi connectivity index (χ1) is 10.9. The van der Waals surface area contributed by atoms with Crippen LogP contribution in [0.3, 0.4) is 0 Å². The molecule has 23 heavy (non-hydrogen) atoms. The van der Waals surface area contributed by atoms with E-state index in [4.69, 9.17) is 4.74 Å². The van der Waals surface area contributed by atoms with Gasteiger partial charge in [-0.1, -0.05) is 0 Å². The van der Waals surface area contributed by atoms with Crippen LogP contribution in [-0.4, -0.2) is 47.9 Å². The summed E-state index contributed by atoms with van der Waals surface area (Å²) in [5, 5.41) is 9.27. The highest BCUT2D eigenvalue weighted by molar-refractivity contribution is 14.1. The maximum absolute atomic E-state index is 12.2. The van der Waals surface area contributed by atoms with Crippen LogP contribution in [0.5, 0.6) is 11.5 Å². The molecule has 1 aromatic rings. The van der Waals surface area contributed by atoms with Crippen LogP contribution in [0.4, 0.5) is 4.79 Å². The quantitative estimate of drug-likeness (QED) is 0.428. The monoisotopic (exact) mass is 449 g/mol. The van der Waals surface area contributed by atoms with E-state index < -0.39 is 23.7 Å². The number of phenolic OH excluding ortho intramolecular Hbond substituents is 1. The Morgan fingerprint density at radius 2 is 2.09 bits per heavy atom. The Kier molecular flexibility index (Phi) is 5.52. The molecule has 0 aromatic heterocycles. The van der Waals surface area contributed by atoms with E-state index in [1.165, 1.54) is 20.3 Å². The third-order valence-corrected chi connectivity index (χ3v) is 4.69. The molecule has 0 saturated carbocycles. The summed E-state index contributed by atoms with van der Waals surface area (Å²) in [5.41, 5.74) is 0.590. The SMILES string of the molecule is COC(=O)CN1C(=O)SC(=Cc2cc(I)c(O)c(OC)c2)C1=O. The summed E-state index contributed by atoms with van der Waals surface area (Å²) in [4.78, 5) is 36.3. The molecular weight excluding hydrogens is 437 g/mol. The Balaban J connectivity index is 2.31. The van der Waals surface area contributed by atoms with Gasteiger partial charge in [-0.2, -0.15) is 0 Å². The van der Waals surface area contributed by atoms with E-state index in [0.717, 1.165) is 16.7 Å². The number of phenols is 1. The Morgan fingerprint density at radius 1 is 1.39 bits per heavy atom. The maximum atomic E-state index is 12.2. The fourth-order valence-corrected chi connectivity index (χ4v) is 3.28. The first kappa shape index (κ1) is 17.6. The lowest BCUT2D eigenvalue weighted by molar-refractivity contribution is -0.143. The zero-order chi connectivity index (χ0) is 17.1. The molecule has 2 amide bonds. The lowest BCUT2D eigenvalue weighted by Gasteiger charge is -2.10. The van der Waals surface area contributed by atoms with Gasteiger partial charge in [0.15, 0.2) is 11.5 Å². The molecule has 1 aliphatic heterocycles. The van der Waals surface area contributed by atoms with Gasteiger partial charge in [0.05, 0.1) is 22.7 Å². The number of amides is 2. The fourth-order valence-electron chi connectivity index (χ4n) is 1.81. The maximum Gasteiger partial charge on any atom is 0.325 e. The summed E-state index contributed by atoms with van der Waals surface area (Å²) in [5.74, 6) is -0.970. The fraction of sp³-hybridized carbons (Fsp3) is 0.214. The number of nitrogens with zero attached hydrogens (tertiary/aromatic N) is 1. The summed E-state index contributed by atoms with van der Waals surface area (Å²) in [7, 11) is 2.60. The molecule has 1 heterocycles. The number of thioether (sulfide) groups is 1. The van der Waals surface area contributed by atoms with Gasteiger partial charge in [0.2, 0.25) is 0 Å². The van der Waals surface area contributed by atoms with Crippen molar-refractivity contribution in [3.63, 3.8) is 0 Å². The minimum absolute atomic E-state index is 0.00375. The molecule has 0 atom stereocenters. The van der Waals surface area contributed by atoms with E-state index in [1.54, 1.807) is 12.1 Å². The van der Waals surface area contributed by atoms with Crippen molar-refractivity contribution in [1.82, 2.24) is 4.90 Å². The molecule has 1 aliphatic rings. The second-order valence-electron chi connectivity index (χ2n) is 4.40. The Bertz CT molecular complexity index is 717. The van der Waals surface area contributed by atoms with Gasteiger partial charge in [0.25, 0.3) is 11.1 Å². The van der Waals surface area contributed by atoms with Gasteiger partial charge < -0.3 is 14.6 Å². The van der Waals surface area contributed by atoms with E-state index in [2.05, 4.69) is 4.74 Å². The minimum Gasteiger partial charge on any atom is -0.504 e. The molecule has 2 rings (SSSR count). The predicted molar refractivity (Wildman–Crippen MR) is 92.1 cm³/mol. The number of hydrogen-bond acceptors (Lipinski definition) is 7. The van der Waals surface area contributed by atoms with Gasteiger partial charge >= 0.3 is 5.97 Å².